The molecular formula is C12H17BrFN3. The van der Waals surface area contributed by atoms with Crippen LogP contribution >= 0.6 is 15.9 Å². The van der Waals surface area contributed by atoms with E-state index in [1.165, 1.54) is 6.07 Å². The van der Waals surface area contributed by atoms with Crippen LogP contribution < -0.4 is 11.1 Å². The molecule has 1 rings (SSSR count). The van der Waals surface area contributed by atoms with Gasteiger partial charge >= 0.3 is 0 Å². The van der Waals surface area contributed by atoms with Gasteiger partial charge in [0.1, 0.15) is 5.82 Å². The number of anilines is 1. The number of hydrogen-bond acceptors (Lipinski definition) is 1. The Labute approximate surface area is 109 Å². The van der Waals surface area contributed by atoms with Crippen LogP contribution in [0.3, 0.4) is 0 Å². The topological polar surface area (TPSA) is 50.4 Å². The van der Waals surface area contributed by atoms with Crippen LogP contribution in [0.25, 0.3) is 0 Å². The van der Waals surface area contributed by atoms with Crippen molar-refractivity contribution in [2.24, 2.45) is 10.7 Å². The maximum absolute atomic E-state index is 13.4. The summed E-state index contributed by atoms with van der Waals surface area (Å²) in [5.74, 6) is -0.0519. The molecule has 5 heteroatoms. The van der Waals surface area contributed by atoms with E-state index in [2.05, 4.69) is 26.2 Å². The van der Waals surface area contributed by atoms with Crippen molar-refractivity contribution in [3.05, 3.63) is 28.0 Å². The summed E-state index contributed by atoms with van der Waals surface area (Å²) in [6.45, 7) is 7.70. The Morgan fingerprint density at radius 2 is 2.00 bits per heavy atom. The van der Waals surface area contributed by atoms with E-state index >= 15 is 0 Å². The molecule has 0 bridgehead atoms. The Morgan fingerprint density at radius 3 is 2.53 bits per heavy atom. The normalized spacial score (nSPS) is 12.7. The molecule has 0 aliphatic carbocycles. The molecule has 0 spiro atoms. The second kappa shape index (κ2) is 5.04. The molecule has 0 aliphatic rings. The summed E-state index contributed by atoms with van der Waals surface area (Å²) in [6.07, 6.45) is 0. The summed E-state index contributed by atoms with van der Waals surface area (Å²) in [6, 6.07) is 3.09. The third-order valence-corrected chi connectivity index (χ3v) is 2.59. The Kier molecular flexibility index (Phi) is 4.14. The molecule has 0 unspecified atom stereocenters. The highest BCUT2D eigenvalue weighted by Gasteiger charge is 2.10. The van der Waals surface area contributed by atoms with Crippen LogP contribution in [0.5, 0.6) is 0 Å². The molecule has 0 saturated carbocycles. The lowest BCUT2D eigenvalue weighted by Gasteiger charge is -2.15. The lowest BCUT2D eigenvalue weighted by atomic mass is 10.1. The van der Waals surface area contributed by atoms with Gasteiger partial charge in [-0.15, -0.1) is 0 Å². The van der Waals surface area contributed by atoms with E-state index in [-0.39, 0.29) is 17.3 Å². The maximum atomic E-state index is 13.4. The summed E-state index contributed by atoms with van der Waals surface area (Å²) in [7, 11) is 0. The van der Waals surface area contributed by atoms with Crippen LogP contribution in [0, 0.1) is 12.7 Å². The van der Waals surface area contributed by atoms with Crippen LogP contribution in [0.4, 0.5) is 10.1 Å². The minimum absolute atomic E-state index is 0.265. The van der Waals surface area contributed by atoms with Crippen LogP contribution in [0.1, 0.15) is 26.3 Å². The molecule has 0 radical (unpaired) electrons. The number of rotatable bonds is 1. The molecule has 1 aromatic rings. The van der Waals surface area contributed by atoms with Gasteiger partial charge in [-0.2, -0.15) is 0 Å². The molecular weight excluding hydrogens is 285 g/mol. The van der Waals surface area contributed by atoms with Gasteiger partial charge in [-0.1, -0.05) is 0 Å². The number of aliphatic imine (C=N–C) groups is 1. The van der Waals surface area contributed by atoms with Gasteiger partial charge < -0.3 is 11.1 Å². The van der Waals surface area contributed by atoms with Gasteiger partial charge in [0.2, 0.25) is 0 Å². The molecule has 0 heterocycles. The summed E-state index contributed by atoms with van der Waals surface area (Å²) in [5, 5.41) is 2.90. The highest BCUT2D eigenvalue weighted by molar-refractivity contribution is 9.10. The number of guanidine groups is 1. The summed E-state index contributed by atoms with van der Waals surface area (Å²) in [4.78, 5) is 4.25. The second-order valence-corrected chi connectivity index (χ2v) is 5.73. The third-order valence-electron chi connectivity index (χ3n) is 1.99. The zero-order chi connectivity index (χ0) is 13.2. The van der Waals surface area contributed by atoms with E-state index in [1.807, 2.05) is 27.7 Å². The quantitative estimate of drug-likeness (QED) is 0.617. The van der Waals surface area contributed by atoms with E-state index in [0.29, 0.717) is 10.2 Å². The van der Waals surface area contributed by atoms with Crippen molar-refractivity contribution < 1.29 is 4.39 Å². The molecule has 3 nitrogen and oxygen atoms in total. The summed E-state index contributed by atoms with van der Waals surface area (Å²) in [5.41, 5.74) is 7.00. The van der Waals surface area contributed by atoms with Crippen molar-refractivity contribution in [3.8, 4) is 0 Å². The lowest BCUT2D eigenvalue weighted by molar-refractivity contribution is 0.583. The molecule has 0 atom stereocenters. The molecule has 94 valence electrons. The second-order valence-electron chi connectivity index (χ2n) is 4.87. The summed E-state index contributed by atoms with van der Waals surface area (Å²) >= 11 is 3.13. The van der Waals surface area contributed by atoms with E-state index in [4.69, 9.17) is 5.73 Å². The van der Waals surface area contributed by atoms with Crippen molar-refractivity contribution in [1.82, 2.24) is 0 Å². The molecule has 0 fully saturated rings. The van der Waals surface area contributed by atoms with Crippen molar-refractivity contribution in [2.45, 2.75) is 33.2 Å². The number of nitrogens with zero attached hydrogens (tertiary/aromatic N) is 1. The largest absolute Gasteiger partial charge is 0.370 e. The van der Waals surface area contributed by atoms with Crippen molar-refractivity contribution in [3.63, 3.8) is 0 Å². The molecule has 0 aliphatic heterocycles. The monoisotopic (exact) mass is 301 g/mol. The third kappa shape index (κ3) is 4.34. The van der Waals surface area contributed by atoms with Crippen LogP contribution in [-0.2, 0) is 0 Å². The standard InChI is InChI=1S/C12H17BrFN3/c1-7-5-8(13)9(14)6-10(7)16-11(15)17-12(2,3)4/h5-6H,1-4H3,(H3,15,16,17). The van der Waals surface area contributed by atoms with Crippen molar-refractivity contribution >= 4 is 27.6 Å². The van der Waals surface area contributed by atoms with E-state index in [9.17, 15) is 4.39 Å². The van der Waals surface area contributed by atoms with Gasteiger partial charge in [-0.05, 0) is 61.3 Å². The fourth-order valence-electron chi connectivity index (χ4n) is 1.31. The van der Waals surface area contributed by atoms with Crippen LogP contribution in [0.2, 0.25) is 0 Å². The van der Waals surface area contributed by atoms with E-state index in [0.717, 1.165) is 5.56 Å². The Hall–Kier alpha value is -1.10. The van der Waals surface area contributed by atoms with Gasteiger partial charge in [0.25, 0.3) is 0 Å². The number of hydrogen-bond donors (Lipinski definition) is 2. The first-order chi connectivity index (χ1) is 7.69. The minimum Gasteiger partial charge on any atom is -0.370 e. The Morgan fingerprint density at radius 1 is 1.41 bits per heavy atom. The average molecular weight is 302 g/mol. The first kappa shape index (κ1) is 14.0. The SMILES string of the molecule is Cc1cc(Br)c(F)cc1NC(N)=NC(C)(C)C. The van der Waals surface area contributed by atoms with Crippen molar-refractivity contribution in [1.29, 1.82) is 0 Å². The Balaban J connectivity index is 2.97. The number of nitrogens with one attached hydrogen (secondary N) is 1. The molecule has 17 heavy (non-hydrogen) atoms. The number of aryl methyl sites for hydroxylation is 1. The smallest absolute Gasteiger partial charge is 0.193 e. The fourth-order valence-corrected chi connectivity index (χ4v) is 1.77. The van der Waals surface area contributed by atoms with Gasteiger partial charge in [0, 0.05) is 5.69 Å². The van der Waals surface area contributed by atoms with Crippen LogP contribution in [-0.4, -0.2) is 11.5 Å². The van der Waals surface area contributed by atoms with Gasteiger partial charge in [-0.3, -0.25) is 0 Å². The molecule has 3 N–H and O–H groups in total. The molecule has 0 amide bonds. The number of nitrogens with two attached hydrogens (primary N) is 1. The zero-order valence-electron chi connectivity index (χ0n) is 10.4. The van der Waals surface area contributed by atoms with E-state index < -0.39 is 0 Å². The zero-order valence-corrected chi connectivity index (χ0v) is 12.0. The van der Waals surface area contributed by atoms with Crippen LogP contribution in [0.15, 0.2) is 21.6 Å². The van der Waals surface area contributed by atoms with Gasteiger partial charge in [0.05, 0.1) is 10.0 Å². The molecule has 0 aromatic heterocycles. The minimum atomic E-state index is -0.332. The first-order valence-corrected chi connectivity index (χ1v) is 6.06. The maximum Gasteiger partial charge on any atom is 0.193 e. The predicted octanol–water partition coefficient (Wildman–Crippen LogP) is 3.42. The predicted molar refractivity (Wildman–Crippen MR) is 73.8 cm³/mol. The summed E-state index contributed by atoms with van der Waals surface area (Å²) < 4.78 is 13.8. The fraction of sp³-hybridized carbons (Fsp3) is 0.417. The lowest BCUT2D eigenvalue weighted by Crippen LogP contribution is -2.27. The van der Waals surface area contributed by atoms with E-state index in [1.54, 1.807) is 6.07 Å². The highest BCUT2D eigenvalue weighted by Crippen LogP contribution is 2.23. The molecule has 0 saturated heterocycles. The first-order valence-electron chi connectivity index (χ1n) is 5.27. The molecule has 1 aromatic carbocycles. The Bertz CT molecular complexity index is 450. The van der Waals surface area contributed by atoms with Crippen molar-refractivity contribution in [2.75, 3.05) is 5.32 Å². The number of benzene rings is 1. The van der Waals surface area contributed by atoms with Gasteiger partial charge in [-0.25, -0.2) is 9.38 Å². The average Bonchev–Trinajstić information content (AvgIpc) is 2.11. The highest BCUT2D eigenvalue weighted by atomic mass is 79.9. The number of halogens is 2. The van der Waals surface area contributed by atoms with Gasteiger partial charge in [0.15, 0.2) is 5.96 Å².